The van der Waals surface area contributed by atoms with Gasteiger partial charge in [-0.15, -0.1) is 10.2 Å². The third-order valence-corrected chi connectivity index (χ3v) is 6.20. The number of piperidine rings is 1. The summed E-state index contributed by atoms with van der Waals surface area (Å²) in [7, 11) is 0. The minimum absolute atomic E-state index is 0.0562. The van der Waals surface area contributed by atoms with E-state index < -0.39 is 5.82 Å². The maximum absolute atomic E-state index is 13.5. The van der Waals surface area contributed by atoms with Gasteiger partial charge in [-0.25, -0.2) is 4.39 Å². The van der Waals surface area contributed by atoms with Gasteiger partial charge in [0.2, 0.25) is 5.13 Å². The second-order valence-corrected chi connectivity index (χ2v) is 8.93. The van der Waals surface area contributed by atoms with Crippen molar-refractivity contribution in [2.24, 2.45) is 0 Å². The Bertz CT molecular complexity index is 1030. The fourth-order valence-corrected chi connectivity index (χ4v) is 4.13. The molecule has 0 aliphatic carbocycles. The van der Waals surface area contributed by atoms with Crippen molar-refractivity contribution in [1.82, 2.24) is 15.5 Å². The lowest BCUT2D eigenvalue weighted by molar-refractivity contribution is 0.162. The van der Waals surface area contributed by atoms with E-state index in [9.17, 15) is 4.39 Å². The van der Waals surface area contributed by atoms with Crippen LogP contribution in [0.3, 0.4) is 0 Å². The first-order valence-electron chi connectivity index (χ1n) is 9.87. The van der Waals surface area contributed by atoms with Crippen molar-refractivity contribution in [1.29, 1.82) is 0 Å². The van der Waals surface area contributed by atoms with Crippen molar-refractivity contribution in [2.75, 3.05) is 18.4 Å². The van der Waals surface area contributed by atoms with E-state index in [2.05, 4.69) is 20.8 Å². The maximum atomic E-state index is 13.5. The molecule has 1 aliphatic rings. The first-order valence-corrected chi connectivity index (χ1v) is 11.4. The van der Waals surface area contributed by atoms with Crippen LogP contribution in [0, 0.1) is 5.82 Å². The van der Waals surface area contributed by atoms with Crippen LogP contribution in [0.2, 0.25) is 10.0 Å². The van der Waals surface area contributed by atoms with Crippen LogP contribution in [0.25, 0.3) is 0 Å². The van der Waals surface area contributed by atoms with Gasteiger partial charge >= 0.3 is 0 Å². The number of rotatable bonds is 8. The Morgan fingerprint density at radius 3 is 2.71 bits per heavy atom. The van der Waals surface area contributed by atoms with Gasteiger partial charge in [0, 0.05) is 12.6 Å². The molecule has 3 aromatic rings. The third-order valence-electron chi connectivity index (χ3n) is 4.74. The van der Waals surface area contributed by atoms with E-state index in [1.54, 1.807) is 6.07 Å². The monoisotopic (exact) mass is 482 g/mol. The zero-order valence-corrected chi connectivity index (χ0v) is 18.9. The molecule has 10 heteroatoms. The number of halogens is 3. The molecule has 0 unspecified atom stereocenters. The predicted molar refractivity (Wildman–Crippen MR) is 121 cm³/mol. The summed E-state index contributed by atoms with van der Waals surface area (Å²) in [6.45, 7) is 2.67. The van der Waals surface area contributed by atoms with Crippen molar-refractivity contribution in [3.05, 3.63) is 62.8 Å². The summed E-state index contributed by atoms with van der Waals surface area (Å²) < 4.78 is 25.0. The van der Waals surface area contributed by atoms with E-state index in [-0.39, 0.29) is 17.7 Å². The van der Waals surface area contributed by atoms with Crippen LogP contribution in [0.1, 0.15) is 23.4 Å². The Morgan fingerprint density at radius 2 is 1.94 bits per heavy atom. The summed E-state index contributed by atoms with van der Waals surface area (Å²) >= 11 is 13.4. The van der Waals surface area contributed by atoms with Crippen molar-refractivity contribution < 1.29 is 13.9 Å². The van der Waals surface area contributed by atoms with Crippen LogP contribution in [-0.4, -0.2) is 29.4 Å². The summed E-state index contributed by atoms with van der Waals surface area (Å²) in [5, 5.41) is 16.7. The van der Waals surface area contributed by atoms with Crippen LogP contribution >= 0.6 is 34.5 Å². The normalized spacial score (nSPS) is 14.4. The van der Waals surface area contributed by atoms with Gasteiger partial charge in [0.1, 0.15) is 30.0 Å². The number of hydrogen-bond donors (Lipinski definition) is 2. The predicted octanol–water partition coefficient (Wildman–Crippen LogP) is 5.31. The lowest BCUT2D eigenvalue weighted by Crippen LogP contribution is -2.34. The van der Waals surface area contributed by atoms with Gasteiger partial charge in [-0.3, -0.25) is 0 Å². The van der Waals surface area contributed by atoms with E-state index in [0.29, 0.717) is 33.2 Å². The Hall–Kier alpha value is -2.13. The number of benzene rings is 2. The fourth-order valence-electron chi connectivity index (χ4n) is 3.12. The van der Waals surface area contributed by atoms with Gasteiger partial charge in [-0.2, -0.15) is 0 Å². The van der Waals surface area contributed by atoms with E-state index in [1.165, 1.54) is 23.5 Å². The summed E-state index contributed by atoms with van der Waals surface area (Å²) in [6.07, 6.45) is 2.17. The Morgan fingerprint density at radius 1 is 1.10 bits per heavy atom. The highest BCUT2D eigenvalue weighted by molar-refractivity contribution is 7.15. The van der Waals surface area contributed by atoms with Gasteiger partial charge in [0.15, 0.2) is 5.01 Å². The minimum Gasteiger partial charge on any atom is -0.489 e. The molecule has 0 amide bonds. The van der Waals surface area contributed by atoms with Crippen LogP contribution in [0.4, 0.5) is 9.52 Å². The standard InChI is InChI=1S/C21H21Cl2FN4O2S/c22-16-3-2-15(10-18(16)24)29-12-20-27-28-21(31-20)26-11-13-1-4-19(17(23)9-13)30-14-5-7-25-8-6-14/h1-4,9-10,14,25H,5-8,11-12H2,(H,26,28). The van der Waals surface area contributed by atoms with Crippen LogP contribution < -0.4 is 20.1 Å². The van der Waals surface area contributed by atoms with Gasteiger partial charge in [0.25, 0.3) is 0 Å². The minimum atomic E-state index is -0.524. The molecule has 164 valence electrons. The van der Waals surface area contributed by atoms with Crippen molar-refractivity contribution >= 4 is 39.7 Å². The molecular weight excluding hydrogens is 462 g/mol. The van der Waals surface area contributed by atoms with E-state index in [1.807, 2.05) is 18.2 Å². The van der Waals surface area contributed by atoms with Gasteiger partial charge in [0.05, 0.1) is 10.0 Å². The van der Waals surface area contributed by atoms with Gasteiger partial charge < -0.3 is 20.1 Å². The molecule has 1 aromatic heterocycles. The zero-order chi connectivity index (χ0) is 21.6. The summed E-state index contributed by atoms with van der Waals surface area (Å²) in [5.74, 6) is 0.573. The number of nitrogens with one attached hydrogen (secondary N) is 2. The molecule has 0 bridgehead atoms. The molecule has 2 aromatic carbocycles. The molecule has 0 atom stereocenters. The smallest absolute Gasteiger partial charge is 0.206 e. The molecule has 0 saturated carbocycles. The average Bonchev–Trinajstić information content (AvgIpc) is 3.23. The quantitative estimate of drug-likeness (QED) is 0.453. The van der Waals surface area contributed by atoms with Crippen LogP contribution in [-0.2, 0) is 13.2 Å². The molecule has 0 radical (unpaired) electrons. The SMILES string of the molecule is Fc1cc(OCc2nnc(NCc3ccc(OC4CCNCC4)c(Cl)c3)s2)ccc1Cl. The maximum Gasteiger partial charge on any atom is 0.206 e. The van der Waals surface area contributed by atoms with Crippen LogP contribution in [0.5, 0.6) is 11.5 Å². The van der Waals surface area contributed by atoms with Crippen molar-refractivity contribution in [3.8, 4) is 11.5 Å². The van der Waals surface area contributed by atoms with Gasteiger partial charge in [-0.05, 0) is 55.8 Å². The molecule has 4 rings (SSSR count). The molecule has 0 spiro atoms. The lowest BCUT2D eigenvalue weighted by Gasteiger charge is -2.24. The van der Waals surface area contributed by atoms with E-state index in [0.717, 1.165) is 31.5 Å². The lowest BCUT2D eigenvalue weighted by atomic mass is 10.1. The number of anilines is 1. The highest BCUT2D eigenvalue weighted by atomic mass is 35.5. The number of ether oxygens (including phenoxy) is 2. The average molecular weight is 483 g/mol. The Kier molecular flexibility index (Phi) is 7.45. The summed E-state index contributed by atoms with van der Waals surface area (Å²) in [5.41, 5.74) is 1.01. The largest absolute Gasteiger partial charge is 0.489 e. The zero-order valence-electron chi connectivity index (χ0n) is 16.5. The molecular formula is C21H21Cl2FN4O2S. The fraction of sp³-hybridized carbons (Fsp3) is 0.333. The van der Waals surface area contributed by atoms with E-state index in [4.69, 9.17) is 32.7 Å². The van der Waals surface area contributed by atoms with Crippen LogP contribution in [0.15, 0.2) is 36.4 Å². The molecule has 2 heterocycles. The van der Waals surface area contributed by atoms with Crippen molar-refractivity contribution in [3.63, 3.8) is 0 Å². The summed E-state index contributed by atoms with van der Waals surface area (Å²) in [4.78, 5) is 0. The number of nitrogens with zero attached hydrogens (tertiary/aromatic N) is 2. The Labute approximate surface area is 193 Å². The Balaban J connectivity index is 1.27. The topological polar surface area (TPSA) is 68.3 Å². The molecule has 1 fully saturated rings. The van der Waals surface area contributed by atoms with E-state index >= 15 is 0 Å². The highest BCUT2D eigenvalue weighted by Crippen LogP contribution is 2.28. The number of aromatic nitrogens is 2. The van der Waals surface area contributed by atoms with Gasteiger partial charge in [-0.1, -0.05) is 40.6 Å². The first-order chi connectivity index (χ1) is 15.1. The summed E-state index contributed by atoms with van der Waals surface area (Å²) in [6, 6.07) is 10.1. The molecule has 31 heavy (non-hydrogen) atoms. The van der Waals surface area contributed by atoms with Crippen molar-refractivity contribution in [2.45, 2.75) is 32.1 Å². The molecule has 2 N–H and O–H groups in total. The second kappa shape index (κ2) is 10.5. The third kappa shape index (κ3) is 6.20. The molecule has 1 saturated heterocycles. The molecule has 6 nitrogen and oxygen atoms in total. The second-order valence-electron chi connectivity index (χ2n) is 7.05. The highest BCUT2D eigenvalue weighted by Gasteiger charge is 2.16. The number of hydrogen-bond acceptors (Lipinski definition) is 7. The first kappa shape index (κ1) is 22.1. The molecule has 1 aliphatic heterocycles.